The number of fused-ring (bicyclic) bond motifs is 5. The summed E-state index contributed by atoms with van der Waals surface area (Å²) < 4.78 is 53.3. The van der Waals surface area contributed by atoms with E-state index in [1.165, 1.54) is 29.1 Å². The quantitative estimate of drug-likeness (QED) is 0.156. The van der Waals surface area contributed by atoms with Gasteiger partial charge in [-0.3, -0.25) is 16.3 Å². The van der Waals surface area contributed by atoms with Crippen molar-refractivity contribution in [3.63, 3.8) is 0 Å². The average molecular weight is 1020 g/mol. The van der Waals surface area contributed by atoms with Gasteiger partial charge in [0.25, 0.3) is 0 Å². The van der Waals surface area contributed by atoms with Gasteiger partial charge in [-0.25, -0.2) is 0 Å². The summed E-state index contributed by atoms with van der Waals surface area (Å²) in [6.07, 6.45) is 1.30. The third-order valence-corrected chi connectivity index (χ3v) is 12.2. The zero-order chi connectivity index (χ0) is 47.3. The fourth-order valence-corrected chi connectivity index (χ4v) is 9.09. The molecule has 0 saturated carbocycles. The van der Waals surface area contributed by atoms with Crippen LogP contribution >= 0.6 is 11.3 Å². The maximum absolute atomic E-state index is 7.28. The number of para-hydroxylation sites is 4. The molecule has 4 nitrogen and oxygen atoms in total. The molecule has 0 aliphatic carbocycles. The van der Waals surface area contributed by atoms with Crippen LogP contribution in [0.15, 0.2) is 205 Å². The molecule has 0 fully saturated rings. The van der Waals surface area contributed by atoms with Crippen molar-refractivity contribution in [3.8, 4) is 61.7 Å². The molecule has 0 atom stereocenters. The molecule has 8 aromatic carbocycles. The van der Waals surface area contributed by atoms with Crippen molar-refractivity contribution in [1.29, 1.82) is 0 Å². The predicted octanol–water partition coefficient (Wildman–Crippen LogP) is 15.8. The first-order valence-electron chi connectivity index (χ1n) is 23.5. The topological polar surface area (TPSA) is 43.9 Å². The van der Waals surface area contributed by atoms with Crippen LogP contribution in [0, 0.1) is 25.2 Å². The predicted molar refractivity (Wildman–Crippen MR) is 262 cm³/mol. The Morgan fingerprint density at radius 1 is 0.578 bits per heavy atom. The molecule has 0 unspecified atom stereocenters. The molecule has 6 heteroatoms. The molecule has 0 amide bonds. The molecule has 12 rings (SSSR count). The zero-order valence-corrected chi connectivity index (χ0v) is 37.3. The second kappa shape index (κ2) is 17.5. The second-order valence-electron chi connectivity index (χ2n) is 15.2. The Bertz CT molecular complexity index is 3690. The van der Waals surface area contributed by atoms with E-state index in [2.05, 4.69) is 173 Å². The molecule has 0 N–H and O–H groups in total. The van der Waals surface area contributed by atoms with Crippen LogP contribution in [-0.2, 0) is 20.1 Å². The summed E-state index contributed by atoms with van der Waals surface area (Å²) in [7, 11) is 0. The Morgan fingerprint density at radius 2 is 1.25 bits per heavy atom. The number of thiophene rings is 1. The number of aromatic nitrogens is 3. The van der Waals surface area contributed by atoms with Gasteiger partial charge in [0.05, 0.1) is 22.5 Å². The third-order valence-electron chi connectivity index (χ3n) is 11.3. The summed E-state index contributed by atoms with van der Waals surface area (Å²) in [6, 6.07) is 68.2. The molecule has 4 heterocycles. The largest absolute Gasteiger partial charge is 0.456 e. The number of nitrogens with zero attached hydrogens (tertiary/aromatic N) is 3. The smallest absolute Gasteiger partial charge is 0.135 e. The molecule has 12 aromatic rings. The maximum atomic E-state index is 7.28. The molecule has 0 saturated heterocycles. The molecule has 64 heavy (non-hydrogen) atoms. The number of imidazole rings is 1. The van der Waals surface area contributed by atoms with Crippen LogP contribution in [-0.4, -0.2) is 14.5 Å². The van der Waals surface area contributed by atoms with Crippen LogP contribution in [0.25, 0.3) is 105 Å². The number of hydrogen-bond acceptors (Lipinski definition) is 4. The van der Waals surface area contributed by atoms with E-state index in [4.69, 9.17) is 17.6 Å². The Balaban J connectivity index is 0.000000229. The van der Waals surface area contributed by atoms with Gasteiger partial charge in [0.15, 0.2) is 0 Å². The molecule has 0 bridgehead atoms. The summed E-state index contributed by atoms with van der Waals surface area (Å²) in [5, 5.41) is 7.08. The average Bonchev–Trinajstić information content (AvgIpc) is 4.09. The van der Waals surface area contributed by atoms with Crippen LogP contribution < -0.4 is 0 Å². The number of pyridine rings is 1. The SMILES string of the molecule is [2H]C([2H])([2H])c1c[c-]c(-c2ccc(C([2H])([2H])[2H])cn2)cc1.[Ir].[c-]1sc2ccc(-c3ccc4oc5ccccc5c4c3)cc2c1-c1nc2ccccc2n1-c1c(-c2ccccc2)cccc1-c1ccccc1. The van der Waals surface area contributed by atoms with Crippen LogP contribution in [0.2, 0.25) is 0 Å². The van der Waals surface area contributed by atoms with Crippen molar-refractivity contribution < 1.29 is 32.7 Å². The van der Waals surface area contributed by atoms with Gasteiger partial charge in [-0.15, -0.1) is 40.8 Å². The first kappa shape index (κ1) is 34.3. The summed E-state index contributed by atoms with van der Waals surface area (Å²) in [6.45, 7) is -4.34. The van der Waals surface area contributed by atoms with Gasteiger partial charge in [0, 0.05) is 56.4 Å². The third kappa shape index (κ3) is 7.67. The van der Waals surface area contributed by atoms with Crippen molar-refractivity contribution in [2.24, 2.45) is 0 Å². The monoisotopic (exact) mass is 1020 g/mol. The number of rotatable bonds is 6. The number of benzene rings is 8. The zero-order valence-electron chi connectivity index (χ0n) is 40.0. The molecule has 4 aromatic heterocycles. The van der Waals surface area contributed by atoms with Gasteiger partial charge < -0.3 is 14.0 Å². The van der Waals surface area contributed by atoms with E-state index in [0.29, 0.717) is 11.3 Å². The van der Waals surface area contributed by atoms with E-state index in [9.17, 15) is 0 Å². The van der Waals surface area contributed by atoms with E-state index in [1.54, 1.807) is 23.5 Å². The Hall–Kier alpha value is -7.21. The fraction of sp³-hybridized carbons (Fsp3) is 0.0345. The van der Waals surface area contributed by atoms with Gasteiger partial charge >= 0.3 is 0 Å². The van der Waals surface area contributed by atoms with Gasteiger partial charge in [-0.1, -0.05) is 168 Å². The summed E-state index contributed by atoms with van der Waals surface area (Å²) in [4.78, 5) is 9.42. The number of aryl methyl sites for hydroxylation is 2. The van der Waals surface area contributed by atoms with E-state index < -0.39 is 13.7 Å². The first-order valence-corrected chi connectivity index (χ1v) is 21.4. The van der Waals surface area contributed by atoms with Crippen LogP contribution in [0.4, 0.5) is 0 Å². The van der Waals surface area contributed by atoms with Crippen LogP contribution in [0.1, 0.15) is 19.4 Å². The Kier molecular flexibility index (Phi) is 9.38. The molecule has 309 valence electrons. The van der Waals surface area contributed by atoms with Crippen molar-refractivity contribution in [2.45, 2.75) is 13.7 Å². The van der Waals surface area contributed by atoms with Gasteiger partial charge in [0.2, 0.25) is 0 Å². The van der Waals surface area contributed by atoms with Crippen LogP contribution in [0.3, 0.4) is 0 Å². The second-order valence-corrected chi connectivity index (χ2v) is 16.1. The number of hydrogen-bond donors (Lipinski definition) is 0. The van der Waals surface area contributed by atoms with Crippen molar-refractivity contribution in [3.05, 3.63) is 223 Å². The van der Waals surface area contributed by atoms with Crippen molar-refractivity contribution in [2.75, 3.05) is 0 Å². The normalized spacial score (nSPS) is 12.9. The minimum Gasteiger partial charge on any atom is -0.456 e. The van der Waals surface area contributed by atoms with E-state index in [-0.39, 0.29) is 31.2 Å². The van der Waals surface area contributed by atoms with Gasteiger partial charge in [-0.2, -0.15) is 0 Å². The van der Waals surface area contributed by atoms with Crippen molar-refractivity contribution >= 4 is 54.4 Å². The maximum Gasteiger partial charge on any atom is 0.135 e. The van der Waals surface area contributed by atoms with E-state index in [1.807, 2.05) is 12.1 Å². The van der Waals surface area contributed by atoms with E-state index >= 15 is 0 Å². The molecule has 0 spiro atoms. The fourth-order valence-electron chi connectivity index (χ4n) is 8.27. The Morgan fingerprint density at radius 3 is 1.97 bits per heavy atom. The standard InChI is InChI=1S/C45H27N2OS.C13H12N.Ir/c1-3-12-29(13-4-1)33-17-11-18-34(30-14-5-2-6-15-30)44(33)47-40-20-9-8-19-39(40)46-45(47)38-28-49-43-25-23-32(27-37(38)43)31-22-24-42-36(26-31)35-16-7-10-21-41(35)48-42;1-10-3-6-12(7-4-10)13-8-5-11(2)9-14-13;/h1-27H;3-6,8-9H,1-2H3;/q2*-1;/i;1D3,2D3;. The van der Waals surface area contributed by atoms with Crippen LogP contribution in [0.5, 0.6) is 0 Å². The minimum atomic E-state index is -2.18. The van der Waals surface area contributed by atoms with E-state index in [0.717, 1.165) is 88.8 Å². The molecular weight excluding hydrogens is 979 g/mol. The number of furan rings is 1. The van der Waals surface area contributed by atoms with Gasteiger partial charge in [0.1, 0.15) is 11.2 Å². The summed E-state index contributed by atoms with van der Waals surface area (Å²) >= 11 is 1.64. The molecule has 0 aliphatic rings. The molecule has 1 radical (unpaired) electrons. The first-order chi connectivity index (χ1) is 33.5. The molecular formula is C58H39IrN3OS-2. The van der Waals surface area contributed by atoms with Crippen molar-refractivity contribution in [1.82, 2.24) is 14.5 Å². The summed E-state index contributed by atoms with van der Waals surface area (Å²) in [5.41, 5.74) is 14.3. The summed E-state index contributed by atoms with van der Waals surface area (Å²) in [5.74, 6) is 0.876. The van der Waals surface area contributed by atoms with Gasteiger partial charge in [-0.05, 0) is 70.7 Å². The molecule has 0 aliphatic heterocycles. The minimum absolute atomic E-state index is 0. The Labute approximate surface area is 397 Å².